The summed E-state index contributed by atoms with van der Waals surface area (Å²) in [6.45, 7) is 9.50. The minimum absolute atomic E-state index is 0.0482. The summed E-state index contributed by atoms with van der Waals surface area (Å²) in [5, 5.41) is 12.1. The topological polar surface area (TPSA) is 66.4 Å². The molecule has 0 radical (unpaired) electrons. The van der Waals surface area contributed by atoms with Crippen molar-refractivity contribution in [1.29, 1.82) is 0 Å². The van der Waals surface area contributed by atoms with Gasteiger partial charge in [-0.05, 0) is 24.7 Å². The predicted molar refractivity (Wildman–Crippen MR) is 65.5 cm³/mol. The average molecular weight is 241 g/mol. The maximum Gasteiger partial charge on any atom is 0.310 e. The molecule has 1 amide bonds. The molecule has 0 heterocycles. The molecule has 17 heavy (non-hydrogen) atoms. The fourth-order valence-corrected chi connectivity index (χ4v) is 1.82. The van der Waals surface area contributed by atoms with Crippen LogP contribution in [0.1, 0.15) is 47.5 Å². The van der Waals surface area contributed by atoms with Crippen molar-refractivity contribution in [3.63, 3.8) is 0 Å². The molecule has 2 N–H and O–H groups in total. The molecule has 98 valence electrons. The quantitative estimate of drug-likeness (QED) is 0.774. The van der Waals surface area contributed by atoms with E-state index in [0.717, 1.165) is 6.42 Å². The molecule has 0 saturated heterocycles. The van der Waals surface area contributed by atoms with E-state index in [1.54, 1.807) is 6.92 Å². The summed E-state index contributed by atoms with van der Waals surface area (Å²) >= 11 is 0. The van der Waals surface area contributed by atoms with Gasteiger partial charge in [0.1, 0.15) is 0 Å². The number of carboxylic acid groups (broad SMARTS) is 1. The molecule has 0 aromatic carbocycles. The van der Waals surface area contributed by atoms with E-state index in [9.17, 15) is 14.7 Å². The van der Waals surface area contributed by atoms with E-state index in [0.29, 0.717) is 0 Å². The molecular weight excluding hydrogens is 218 g/mol. The summed E-state index contributed by atoms with van der Waals surface area (Å²) in [6.07, 6.45) is 1.02. The first kappa shape index (κ1) is 14.0. The molecule has 2 atom stereocenters. The van der Waals surface area contributed by atoms with Crippen molar-refractivity contribution in [3.8, 4) is 0 Å². The van der Waals surface area contributed by atoms with Crippen molar-refractivity contribution >= 4 is 11.9 Å². The Hall–Kier alpha value is -1.06. The van der Waals surface area contributed by atoms with E-state index in [-0.39, 0.29) is 29.7 Å². The Kier molecular flexibility index (Phi) is 3.55. The van der Waals surface area contributed by atoms with Gasteiger partial charge in [0, 0.05) is 12.5 Å². The zero-order valence-corrected chi connectivity index (χ0v) is 11.3. The van der Waals surface area contributed by atoms with Crippen LogP contribution >= 0.6 is 0 Å². The highest BCUT2D eigenvalue weighted by molar-refractivity contribution is 5.85. The van der Waals surface area contributed by atoms with Crippen LogP contribution in [-0.4, -0.2) is 23.0 Å². The normalized spacial score (nSPS) is 25.2. The Labute approximate surface area is 103 Å². The third kappa shape index (κ3) is 2.99. The second-order valence-corrected chi connectivity index (χ2v) is 6.37. The van der Waals surface area contributed by atoms with E-state index in [1.165, 1.54) is 0 Å². The van der Waals surface area contributed by atoms with Crippen LogP contribution in [0, 0.1) is 16.7 Å². The fraction of sp³-hybridized carbons (Fsp3) is 0.846. The minimum atomic E-state index is -0.983. The SMILES string of the molecule is CC(C)C(C)(CC(=O)NC1CC1(C)C)C(=O)O. The van der Waals surface area contributed by atoms with Gasteiger partial charge in [0.25, 0.3) is 0 Å². The van der Waals surface area contributed by atoms with Crippen LogP contribution in [-0.2, 0) is 9.59 Å². The van der Waals surface area contributed by atoms with Gasteiger partial charge in [-0.1, -0.05) is 27.7 Å². The lowest BCUT2D eigenvalue weighted by Crippen LogP contribution is -2.40. The number of hydrogen-bond donors (Lipinski definition) is 2. The first-order chi connectivity index (χ1) is 7.59. The van der Waals surface area contributed by atoms with Crippen molar-refractivity contribution in [2.24, 2.45) is 16.7 Å². The molecule has 1 fully saturated rings. The number of carboxylic acids is 1. The molecule has 1 aliphatic carbocycles. The first-order valence-corrected chi connectivity index (χ1v) is 6.12. The molecular formula is C13H23NO3. The maximum absolute atomic E-state index is 11.8. The number of aliphatic carboxylic acids is 1. The molecule has 0 aliphatic heterocycles. The highest BCUT2D eigenvalue weighted by Crippen LogP contribution is 2.44. The van der Waals surface area contributed by atoms with Gasteiger partial charge in [-0.3, -0.25) is 9.59 Å². The van der Waals surface area contributed by atoms with Crippen LogP contribution in [0.3, 0.4) is 0 Å². The Morgan fingerprint density at radius 2 is 1.94 bits per heavy atom. The Morgan fingerprint density at radius 1 is 1.47 bits per heavy atom. The van der Waals surface area contributed by atoms with E-state index in [2.05, 4.69) is 19.2 Å². The Bertz CT molecular complexity index is 336. The second kappa shape index (κ2) is 4.31. The summed E-state index contributed by atoms with van der Waals surface area (Å²) < 4.78 is 0. The monoisotopic (exact) mass is 241 g/mol. The van der Waals surface area contributed by atoms with Crippen LogP contribution in [0.15, 0.2) is 0 Å². The third-order valence-corrected chi connectivity index (χ3v) is 4.14. The van der Waals surface area contributed by atoms with Crippen molar-refractivity contribution in [2.45, 2.75) is 53.5 Å². The highest BCUT2D eigenvalue weighted by atomic mass is 16.4. The summed E-state index contributed by atoms with van der Waals surface area (Å²) in [5.41, 5.74) is -0.809. The van der Waals surface area contributed by atoms with Crippen LogP contribution in [0.25, 0.3) is 0 Å². The number of carbonyl (C=O) groups excluding carboxylic acids is 1. The van der Waals surface area contributed by atoms with Gasteiger partial charge in [0.2, 0.25) is 5.91 Å². The molecule has 4 nitrogen and oxygen atoms in total. The number of rotatable bonds is 5. The van der Waals surface area contributed by atoms with Crippen molar-refractivity contribution < 1.29 is 14.7 Å². The molecule has 0 aromatic rings. The average Bonchev–Trinajstić information content (AvgIpc) is 2.71. The smallest absolute Gasteiger partial charge is 0.310 e. The third-order valence-electron chi connectivity index (χ3n) is 4.14. The molecule has 4 heteroatoms. The van der Waals surface area contributed by atoms with E-state index in [4.69, 9.17) is 0 Å². The van der Waals surface area contributed by atoms with Crippen LogP contribution < -0.4 is 5.32 Å². The van der Waals surface area contributed by atoms with Crippen molar-refractivity contribution in [1.82, 2.24) is 5.32 Å². The van der Waals surface area contributed by atoms with Gasteiger partial charge in [0.15, 0.2) is 0 Å². The molecule has 1 saturated carbocycles. The first-order valence-electron chi connectivity index (χ1n) is 6.12. The number of nitrogens with one attached hydrogen (secondary N) is 1. The molecule has 1 aliphatic rings. The standard InChI is InChI=1S/C13H23NO3/c1-8(2)13(5,11(16)17)7-10(15)14-9-6-12(9,3)4/h8-9H,6-7H2,1-5H3,(H,14,15)(H,16,17). The van der Waals surface area contributed by atoms with Gasteiger partial charge >= 0.3 is 5.97 Å². The fourth-order valence-electron chi connectivity index (χ4n) is 1.82. The van der Waals surface area contributed by atoms with Crippen LogP contribution in [0.5, 0.6) is 0 Å². The largest absolute Gasteiger partial charge is 0.481 e. The van der Waals surface area contributed by atoms with Gasteiger partial charge in [0.05, 0.1) is 5.41 Å². The Morgan fingerprint density at radius 3 is 2.24 bits per heavy atom. The maximum atomic E-state index is 11.8. The van der Waals surface area contributed by atoms with E-state index >= 15 is 0 Å². The lowest BCUT2D eigenvalue weighted by Gasteiger charge is -2.28. The van der Waals surface area contributed by atoms with Gasteiger partial charge < -0.3 is 10.4 Å². The van der Waals surface area contributed by atoms with Crippen molar-refractivity contribution in [3.05, 3.63) is 0 Å². The molecule has 0 spiro atoms. The lowest BCUT2D eigenvalue weighted by atomic mass is 9.76. The lowest BCUT2D eigenvalue weighted by molar-refractivity contribution is -0.153. The van der Waals surface area contributed by atoms with Crippen LogP contribution in [0.2, 0.25) is 0 Å². The van der Waals surface area contributed by atoms with E-state index < -0.39 is 11.4 Å². The summed E-state index contributed by atoms with van der Waals surface area (Å²) in [7, 11) is 0. The van der Waals surface area contributed by atoms with Gasteiger partial charge in [-0.15, -0.1) is 0 Å². The zero-order valence-electron chi connectivity index (χ0n) is 11.3. The highest BCUT2D eigenvalue weighted by Gasteiger charge is 2.47. The summed E-state index contributed by atoms with van der Waals surface area (Å²) in [4.78, 5) is 23.1. The summed E-state index contributed by atoms with van der Waals surface area (Å²) in [5.74, 6) is -1.13. The number of amides is 1. The zero-order chi connectivity index (χ0) is 13.4. The van der Waals surface area contributed by atoms with Crippen LogP contribution in [0.4, 0.5) is 0 Å². The predicted octanol–water partition coefficient (Wildman–Crippen LogP) is 2.04. The Balaban J connectivity index is 2.57. The van der Waals surface area contributed by atoms with Crippen molar-refractivity contribution in [2.75, 3.05) is 0 Å². The molecule has 0 bridgehead atoms. The van der Waals surface area contributed by atoms with Gasteiger partial charge in [-0.25, -0.2) is 0 Å². The second-order valence-electron chi connectivity index (χ2n) is 6.37. The number of hydrogen-bond acceptors (Lipinski definition) is 2. The molecule has 1 rings (SSSR count). The van der Waals surface area contributed by atoms with E-state index in [1.807, 2.05) is 13.8 Å². The molecule has 0 aromatic heterocycles. The van der Waals surface area contributed by atoms with Gasteiger partial charge in [-0.2, -0.15) is 0 Å². The minimum Gasteiger partial charge on any atom is -0.481 e. The summed E-state index contributed by atoms with van der Waals surface area (Å²) in [6, 6.07) is 0.209. The number of carbonyl (C=O) groups is 2. The molecule has 2 unspecified atom stereocenters.